The molecule has 0 aromatic heterocycles. The molecule has 0 saturated carbocycles. The van der Waals surface area contributed by atoms with Crippen molar-refractivity contribution in [1.29, 1.82) is 0 Å². The van der Waals surface area contributed by atoms with E-state index in [2.05, 4.69) is 20.8 Å². The minimum atomic E-state index is -0.261. The fourth-order valence-electron chi connectivity index (χ4n) is 3.49. The fourth-order valence-corrected chi connectivity index (χ4v) is 3.49. The van der Waals surface area contributed by atoms with Crippen LogP contribution in [0.15, 0.2) is 35.6 Å². The third-order valence-electron chi connectivity index (χ3n) is 4.80. The lowest BCUT2D eigenvalue weighted by Gasteiger charge is -2.42. The average molecular weight is 364 g/mol. The van der Waals surface area contributed by atoms with E-state index in [1.165, 1.54) is 12.1 Å². The molecule has 1 amide bonds. The SMILES string of the molecule is CC.COC1=C(C)C(=O)N(Cc2ccc(F)cc2)CC1(C)CCC(C)C. The van der Waals surface area contributed by atoms with Gasteiger partial charge in [0.1, 0.15) is 11.6 Å². The Bertz CT molecular complexity index is 622. The molecule has 1 atom stereocenters. The highest BCUT2D eigenvalue weighted by molar-refractivity contribution is 5.94. The molecule has 1 unspecified atom stereocenters. The molecule has 1 aliphatic rings. The lowest BCUT2D eigenvalue weighted by Crippen LogP contribution is -2.46. The van der Waals surface area contributed by atoms with Crippen LogP contribution in [-0.4, -0.2) is 24.5 Å². The first-order chi connectivity index (χ1) is 12.3. The largest absolute Gasteiger partial charge is 0.500 e. The van der Waals surface area contributed by atoms with Gasteiger partial charge in [-0.2, -0.15) is 0 Å². The van der Waals surface area contributed by atoms with Crippen LogP contribution in [0.2, 0.25) is 0 Å². The summed E-state index contributed by atoms with van der Waals surface area (Å²) in [7, 11) is 1.65. The molecular formula is C22H34FNO2. The monoisotopic (exact) mass is 363 g/mol. The molecule has 146 valence electrons. The number of carbonyl (C=O) groups is 1. The Morgan fingerprint density at radius 1 is 1.23 bits per heavy atom. The summed E-state index contributed by atoms with van der Waals surface area (Å²) in [5, 5.41) is 0. The zero-order valence-electron chi connectivity index (χ0n) is 17.4. The Labute approximate surface area is 158 Å². The number of rotatable bonds is 6. The highest BCUT2D eigenvalue weighted by Gasteiger charge is 2.41. The van der Waals surface area contributed by atoms with Crippen LogP contribution in [0, 0.1) is 17.2 Å². The summed E-state index contributed by atoms with van der Waals surface area (Å²) in [6.45, 7) is 13.5. The van der Waals surface area contributed by atoms with E-state index in [1.54, 1.807) is 19.2 Å². The molecule has 3 nitrogen and oxygen atoms in total. The van der Waals surface area contributed by atoms with Gasteiger partial charge in [0.05, 0.1) is 12.7 Å². The topological polar surface area (TPSA) is 29.5 Å². The Hall–Kier alpha value is -1.84. The van der Waals surface area contributed by atoms with Crippen molar-refractivity contribution in [3.05, 3.63) is 47.0 Å². The molecule has 0 radical (unpaired) electrons. The molecule has 0 N–H and O–H groups in total. The molecule has 1 aromatic rings. The van der Waals surface area contributed by atoms with Gasteiger partial charge in [0.15, 0.2) is 0 Å². The van der Waals surface area contributed by atoms with Crippen LogP contribution in [0.1, 0.15) is 59.9 Å². The molecule has 0 bridgehead atoms. The number of methoxy groups -OCH3 is 1. The van der Waals surface area contributed by atoms with Crippen LogP contribution in [-0.2, 0) is 16.1 Å². The van der Waals surface area contributed by atoms with Crippen LogP contribution in [0.25, 0.3) is 0 Å². The van der Waals surface area contributed by atoms with E-state index in [0.717, 1.165) is 24.2 Å². The number of hydrogen-bond donors (Lipinski definition) is 0. The summed E-state index contributed by atoms with van der Waals surface area (Å²) < 4.78 is 18.7. The van der Waals surface area contributed by atoms with E-state index < -0.39 is 0 Å². The minimum Gasteiger partial charge on any atom is -0.500 e. The van der Waals surface area contributed by atoms with Crippen molar-refractivity contribution in [2.24, 2.45) is 11.3 Å². The Morgan fingerprint density at radius 3 is 2.31 bits per heavy atom. The maximum atomic E-state index is 13.1. The summed E-state index contributed by atoms with van der Waals surface area (Å²) >= 11 is 0. The molecule has 0 saturated heterocycles. The van der Waals surface area contributed by atoms with Crippen LogP contribution >= 0.6 is 0 Å². The van der Waals surface area contributed by atoms with Crippen molar-refractivity contribution in [3.63, 3.8) is 0 Å². The summed E-state index contributed by atoms with van der Waals surface area (Å²) in [5.41, 5.74) is 1.43. The molecule has 1 aromatic carbocycles. The second-order valence-corrected chi connectivity index (χ2v) is 7.44. The van der Waals surface area contributed by atoms with Crippen molar-refractivity contribution in [2.75, 3.05) is 13.7 Å². The maximum absolute atomic E-state index is 13.1. The number of ether oxygens (including phenoxy) is 1. The summed E-state index contributed by atoms with van der Waals surface area (Å²) in [4.78, 5) is 14.6. The lowest BCUT2D eigenvalue weighted by atomic mass is 9.77. The number of benzene rings is 1. The molecule has 4 heteroatoms. The summed E-state index contributed by atoms with van der Waals surface area (Å²) in [5.74, 6) is 1.15. The van der Waals surface area contributed by atoms with Gasteiger partial charge in [-0.3, -0.25) is 4.79 Å². The van der Waals surface area contributed by atoms with Gasteiger partial charge in [-0.15, -0.1) is 0 Å². The van der Waals surface area contributed by atoms with E-state index in [-0.39, 0.29) is 17.1 Å². The van der Waals surface area contributed by atoms with Crippen LogP contribution < -0.4 is 0 Å². The predicted molar refractivity (Wildman–Crippen MR) is 105 cm³/mol. The molecular weight excluding hydrogens is 329 g/mol. The number of halogens is 1. The third kappa shape index (κ3) is 5.33. The first kappa shape index (κ1) is 22.2. The van der Waals surface area contributed by atoms with Crippen molar-refractivity contribution in [3.8, 4) is 0 Å². The zero-order chi connectivity index (χ0) is 19.9. The first-order valence-electron chi connectivity index (χ1n) is 9.56. The van der Waals surface area contributed by atoms with E-state index in [1.807, 2.05) is 25.7 Å². The standard InChI is InChI=1S/C20H28FNO2.C2H6/c1-14(2)10-11-20(4)13-22(19(23)15(3)18(20)24-5)12-16-6-8-17(21)9-7-16;1-2/h6-9,14H,10-13H2,1-5H3;1-2H3. The molecule has 0 spiro atoms. The van der Waals surface area contributed by atoms with Crippen molar-refractivity contribution < 1.29 is 13.9 Å². The lowest BCUT2D eigenvalue weighted by molar-refractivity contribution is -0.131. The Balaban J connectivity index is 0.00000163. The van der Waals surface area contributed by atoms with E-state index >= 15 is 0 Å². The van der Waals surface area contributed by atoms with Gasteiger partial charge in [0.25, 0.3) is 5.91 Å². The van der Waals surface area contributed by atoms with Gasteiger partial charge in [0.2, 0.25) is 0 Å². The fraction of sp³-hybridized carbons (Fsp3) is 0.591. The molecule has 1 aliphatic heterocycles. The normalized spacial score (nSPS) is 20.2. The quantitative estimate of drug-likeness (QED) is 0.662. The Kier molecular flexibility index (Phi) is 8.32. The minimum absolute atomic E-state index is 0.00167. The number of amides is 1. The van der Waals surface area contributed by atoms with Gasteiger partial charge in [-0.25, -0.2) is 4.39 Å². The van der Waals surface area contributed by atoms with E-state index in [4.69, 9.17) is 4.74 Å². The average Bonchev–Trinajstić information content (AvgIpc) is 2.62. The van der Waals surface area contributed by atoms with Crippen molar-refractivity contribution >= 4 is 5.91 Å². The summed E-state index contributed by atoms with van der Waals surface area (Å²) in [6.07, 6.45) is 2.05. The molecule has 0 aliphatic carbocycles. The predicted octanol–water partition coefficient (Wildman–Crippen LogP) is 5.56. The van der Waals surface area contributed by atoms with Crippen molar-refractivity contribution in [2.45, 2.75) is 60.9 Å². The summed E-state index contributed by atoms with van der Waals surface area (Å²) in [6, 6.07) is 6.34. The van der Waals surface area contributed by atoms with Crippen LogP contribution in [0.5, 0.6) is 0 Å². The van der Waals surface area contributed by atoms with E-state index in [9.17, 15) is 9.18 Å². The number of hydrogen-bond acceptors (Lipinski definition) is 2. The number of carbonyl (C=O) groups excluding carboxylic acids is 1. The van der Waals surface area contributed by atoms with Gasteiger partial charge in [0, 0.05) is 18.5 Å². The highest BCUT2D eigenvalue weighted by atomic mass is 19.1. The van der Waals surface area contributed by atoms with Gasteiger partial charge in [-0.1, -0.05) is 46.8 Å². The zero-order valence-corrected chi connectivity index (χ0v) is 17.4. The van der Waals surface area contributed by atoms with Gasteiger partial charge >= 0.3 is 0 Å². The molecule has 26 heavy (non-hydrogen) atoms. The second-order valence-electron chi connectivity index (χ2n) is 7.44. The van der Waals surface area contributed by atoms with E-state index in [0.29, 0.717) is 24.6 Å². The molecule has 1 heterocycles. The van der Waals surface area contributed by atoms with Crippen LogP contribution in [0.4, 0.5) is 4.39 Å². The smallest absolute Gasteiger partial charge is 0.253 e. The Morgan fingerprint density at radius 2 is 1.81 bits per heavy atom. The second kappa shape index (κ2) is 9.75. The number of nitrogens with zero attached hydrogens (tertiary/aromatic N) is 1. The third-order valence-corrected chi connectivity index (χ3v) is 4.80. The first-order valence-corrected chi connectivity index (χ1v) is 9.56. The van der Waals surface area contributed by atoms with Gasteiger partial charge < -0.3 is 9.64 Å². The maximum Gasteiger partial charge on any atom is 0.253 e. The molecule has 2 rings (SSSR count). The highest BCUT2D eigenvalue weighted by Crippen LogP contribution is 2.41. The molecule has 0 fully saturated rings. The van der Waals surface area contributed by atoms with Gasteiger partial charge in [-0.05, 0) is 43.4 Å². The van der Waals surface area contributed by atoms with Crippen LogP contribution in [0.3, 0.4) is 0 Å². The van der Waals surface area contributed by atoms with Crippen molar-refractivity contribution in [1.82, 2.24) is 4.90 Å².